The summed E-state index contributed by atoms with van der Waals surface area (Å²) in [6, 6.07) is 16.4. The van der Waals surface area contributed by atoms with Crippen molar-refractivity contribution in [1.82, 2.24) is 0 Å². The van der Waals surface area contributed by atoms with Gasteiger partial charge in [0.1, 0.15) is 6.61 Å². The molecule has 0 unspecified atom stereocenters. The average Bonchev–Trinajstić information content (AvgIpc) is 2.58. The molecule has 24 heavy (non-hydrogen) atoms. The van der Waals surface area contributed by atoms with Crippen molar-refractivity contribution in [3.05, 3.63) is 82.4 Å². The lowest BCUT2D eigenvalue weighted by molar-refractivity contribution is -0.143. The molecule has 0 aliphatic rings. The second-order valence-corrected chi connectivity index (χ2v) is 5.56. The minimum absolute atomic E-state index is 0.0999. The predicted octanol–water partition coefficient (Wildman–Crippen LogP) is 4.03. The second kappa shape index (κ2) is 8.89. The molecule has 2 aromatic carbocycles. The van der Waals surface area contributed by atoms with Crippen molar-refractivity contribution in [1.29, 1.82) is 0 Å². The fourth-order valence-corrected chi connectivity index (χ4v) is 2.32. The summed E-state index contributed by atoms with van der Waals surface area (Å²) in [5, 5.41) is 9.57. The van der Waals surface area contributed by atoms with E-state index in [9.17, 15) is 9.59 Å². The van der Waals surface area contributed by atoms with Crippen molar-refractivity contribution in [2.75, 3.05) is 0 Å². The lowest BCUT2D eigenvalue weighted by atomic mass is 10.1. The number of halogens is 1. The van der Waals surface area contributed by atoms with Gasteiger partial charge in [0.25, 0.3) is 0 Å². The SMILES string of the molecule is O=C(O)CC(=CCc1ccccc1Cl)C(=O)OCc1ccccc1. The van der Waals surface area contributed by atoms with Crippen LogP contribution in [0.3, 0.4) is 0 Å². The number of carbonyl (C=O) groups is 2. The third-order valence-electron chi connectivity index (χ3n) is 3.34. The summed E-state index contributed by atoms with van der Waals surface area (Å²) in [5.74, 6) is -1.72. The molecule has 0 fully saturated rings. The number of aliphatic carboxylic acids is 1. The number of esters is 1. The van der Waals surface area contributed by atoms with E-state index < -0.39 is 18.4 Å². The van der Waals surface area contributed by atoms with Gasteiger partial charge in [-0.2, -0.15) is 0 Å². The maximum Gasteiger partial charge on any atom is 0.334 e. The molecule has 0 atom stereocenters. The Hall–Kier alpha value is -2.59. The van der Waals surface area contributed by atoms with Crippen LogP contribution in [0.4, 0.5) is 0 Å². The zero-order chi connectivity index (χ0) is 17.4. The van der Waals surface area contributed by atoms with Gasteiger partial charge in [-0.15, -0.1) is 0 Å². The number of benzene rings is 2. The first kappa shape index (κ1) is 17.8. The smallest absolute Gasteiger partial charge is 0.334 e. The van der Waals surface area contributed by atoms with Crippen molar-refractivity contribution >= 4 is 23.5 Å². The highest BCUT2D eigenvalue weighted by molar-refractivity contribution is 6.31. The van der Waals surface area contributed by atoms with Crippen LogP contribution in [-0.4, -0.2) is 17.0 Å². The number of hydrogen-bond donors (Lipinski definition) is 1. The van der Waals surface area contributed by atoms with E-state index in [-0.39, 0.29) is 12.2 Å². The third-order valence-corrected chi connectivity index (χ3v) is 3.71. The van der Waals surface area contributed by atoms with E-state index in [0.29, 0.717) is 11.4 Å². The summed E-state index contributed by atoms with van der Waals surface area (Å²) in [4.78, 5) is 23.2. The monoisotopic (exact) mass is 344 g/mol. The molecule has 2 aromatic rings. The van der Waals surface area contributed by atoms with Crippen molar-refractivity contribution in [2.24, 2.45) is 0 Å². The van der Waals surface area contributed by atoms with Crippen LogP contribution in [0.5, 0.6) is 0 Å². The number of carbonyl (C=O) groups excluding carboxylic acids is 1. The van der Waals surface area contributed by atoms with Crippen molar-refractivity contribution < 1.29 is 19.4 Å². The maximum atomic E-state index is 12.2. The molecular weight excluding hydrogens is 328 g/mol. The fourth-order valence-electron chi connectivity index (χ4n) is 2.10. The van der Waals surface area contributed by atoms with Crippen molar-refractivity contribution in [3.63, 3.8) is 0 Å². The largest absolute Gasteiger partial charge is 0.481 e. The molecule has 0 aliphatic carbocycles. The van der Waals surface area contributed by atoms with E-state index in [4.69, 9.17) is 21.4 Å². The molecule has 0 heterocycles. The summed E-state index contributed by atoms with van der Waals surface area (Å²) in [6.07, 6.45) is 1.53. The van der Waals surface area contributed by atoms with Gasteiger partial charge in [-0.25, -0.2) is 4.79 Å². The molecule has 2 rings (SSSR count). The molecule has 0 radical (unpaired) electrons. The summed E-state index contributed by atoms with van der Waals surface area (Å²) in [6.45, 7) is 0.0999. The predicted molar refractivity (Wildman–Crippen MR) is 91.7 cm³/mol. The van der Waals surface area contributed by atoms with E-state index in [1.54, 1.807) is 12.1 Å². The molecule has 0 amide bonds. The Morgan fingerprint density at radius 2 is 1.71 bits per heavy atom. The van der Waals surface area contributed by atoms with Crippen LogP contribution < -0.4 is 0 Å². The highest BCUT2D eigenvalue weighted by atomic mass is 35.5. The summed E-state index contributed by atoms with van der Waals surface area (Å²) in [5.41, 5.74) is 1.77. The standard InChI is InChI=1S/C19H17ClO4/c20-17-9-5-4-8-15(17)10-11-16(12-18(21)22)19(23)24-13-14-6-2-1-3-7-14/h1-9,11H,10,12-13H2,(H,21,22). The van der Waals surface area contributed by atoms with Crippen LogP contribution in [0.2, 0.25) is 5.02 Å². The van der Waals surface area contributed by atoms with E-state index in [0.717, 1.165) is 11.1 Å². The van der Waals surface area contributed by atoms with Gasteiger partial charge >= 0.3 is 11.9 Å². The van der Waals surface area contributed by atoms with E-state index >= 15 is 0 Å². The quantitative estimate of drug-likeness (QED) is 0.608. The number of carboxylic acid groups (broad SMARTS) is 1. The molecule has 5 heteroatoms. The lowest BCUT2D eigenvalue weighted by Crippen LogP contribution is -2.12. The number of carboxylic acids is 1. The molecule has 0 bridgehead atoms. The Kier molecular flexibility index (Phi) is 6.58. The zero-order valence-electron chi connectivity index (χ0n) is 12.9. The molecular formula is C19H17ClO4. The summed E-state index contributed by atoms with van der Waals surface area (Å²) < 4.78 is 5.21. The second-order valence-electron chi connectivity index (χ2n) is 5.16. The Balaban J connectivity index is 2.06. The van der Waals surface area contributed by atoms with Crippen LogP contribution in [0.15, 0.2) is 66.2 Å². The first-order chi connectivity index (χ1) is 11.6. The zero-order valence-corrected chi connectivity index (χ0v) is 13.7. The average molecular weight is 345 g/mol. The van der Waals surface area contributed by atoms with Crippen molar-refractivity contribution in [2.45, 2.75) is 19.4 Å². The Labute approximate surface area is 145 Å². The van der Waals surface area contributed by atoms with Gasteiger partial charge in [0.2, 0.25) is 0 Å². The molecule has 124 valence electrons. The summed E-state index contributed by atoms with van der Waals surface area (Å²) in [7, 11) is 0. The van der Waals surface area contributed by atoms with Crippen LogP contribution in [0.1, 0.15) is 17.5 Å². The Bertz CT molecular complexity index is 738. The highest BCUT2D eigenvalue weighted by Crippen LogP contribution is 2.17. The normalized spacial score (nSPS) is 11.1. The number of ether oxygens (including phenoxy) is 1. The van der Waals surface area contributed by atoms with E-state index in [1.165, 1.54) is 0 Å². The Morgan fingerprint density at radius 3 is 2.38 bits per heavy atom. The number of rotatable bonds is 7. The summed E-state index contributed by atoms with van der Waals surface area (Å²) >= 11 is 6.07. The number of hydrogen-bond acceptors (Lipinski definition) is 3. The van der Waals surface area contributed by atoms with Crippen LogP contribution in [0.25, 0.3) is 0 Å². The molecule has 0 saturated heterocycles. The first-order valence-electron chi connectivity index (χ1n) is 7.41. The lowest BCUT2D eigenvalue weighted by Gasteiger charge is -2.08. The van der Waals surface area contributed by atoms with Gasteiger partial charge in [0, 0.05) is 10.6 Å². The molecule has 4 nitrogen and oxygen atoms in total. The van der Waals surface area contributed by atoms with Crippen molar-refractivity contribution in [3.8, 4) is 0 Å². The van der Waals surface area contributed by atoms with Gasteiger partial charge in [-0.1, -0.05) is 66.2 Å². The molecule has 0 spiro atoms. The minimum Gasteiger partial charge on any atom is -0.481 e. The van der Waals surface area contributed by atoms with Crippen LogP contribution >= 0.6 is 11.6 Å². The fraction of sp³-hybridized carbons (Fsp3) is 0.158. The molecule has 0 aromatic heterocycles. The van der Waals surface area contributed by atoms with Gasteiger partial charge < -0.3 is 9.84 Å². The van der Waals surface area contributed by atoms with Gasteiger partial charge in [-0.3, -0.25) is 4.79 Å². The Morgan fingerprint density at radius 1 is 1.04 bits per heavy atom. The maximum absolute atomic E-state index is 12.2. The molecule has 1 N–H and O–H groups in total. The topological polar surface area (TPSA) is 63.6 Å². The van der Waals surface area contributed by atoms with Gasteiger partial charge in [0.05, 0.1) is 6.42 Å². The van der Waals surface area contributed by atoms with E-state index in [1.807, 2.05) is 48.5 Å². The van der Waals surface area contributed by atoms with Gasteiger partial charge in [0.15, 0.2) is 0 Å². The highest BCUT2D eigenvalue weighted by Gasteiger charge is 2.15. The molecule has 0 saturated carbocycles. The number of allylic oxidation sites excluding steroid dienone is 1. The molecule has 0 aliphatic heterocycles. The van der Waals surface area contributed by atoms with Crippen LogP contribution in [0, 0.1) is 0 Å². The third kappa shape index (κ3) is 5.56. The van der Waals surface area contributed by atoms with Crippen LogP contribution in [-0.2, 0) is 27.4 Å². The minimum atomic E-state index is -1.09. The van der Waals surface area contributed by atoms with E-state index in [2.05, 4.69) is 0 Å². The first-order valence-corrected chi connectivity index (χ1v) is 7.79. The van der Waals surface area contributed by atoms with Gasteiger partial charge in [-0.05, 0) is 23.6 Å².